The second kappa shape index (κ2) is 4.08. The fraction of sp³-hybridized carbons (Fsp3) is 0.462. The van der Waals surface area contributed by atoms with Crippen molar-refractivity contribution in [2.75, 3.05) is 0 Å². The Bertz CT molecular complexity index is 614. The van der Waals surface area contributed by atoms with Crippen LogP contribution in [0, 0.1) is 12.3 Å². The van der Waals surface area contributed by atoms with E-state index in [0.717, 1.165) is 22.4 Å². The number of fused-ring (bicyclic) bond motifs is 1. The molecule has 0 aliphatic rings. The molecular weight excluding hydrogens is 230 g/mol. The van der Waals surface area contributed by atoms with Gasteiger partial charge in [-0.15, -0.1) is 5.10 Å². The van der Waals surface area contributed by atoms with Crippen molar-refractivity contribution >= 4 is 17.0 Å². The van der Waals surface area contributed by atoms with Gasteiger partial charge in [0, 0.05) is 24.5 Å². The third-order valence-corrected chi connectivity index (χ3v) is 3.20. The lowest BCUT2D eigenvalue weighted by molar-refractivity contribution is -0.146. The molecule has 5 nitrogen and oxygen atoms in total. The molecule has 0 radical (unpaired) electrons. The van der Waals surface area contributed by atoms with E-state index in [0.29, 0.717) is 6.42 Å². The van der Waals surface area contributed by atoms with Gasteiger partial charge in [0.15, 0.2) is 5.65 Å². The van der Waals surface area contributed by atoms with Crippen molar-refractivity contribution in [3.05, 3.63) is 23.5 Å². The summed E-state index contributed by atoms with van der Waals surface area (Å²) in [5, 5.41) is 18.3. The van der Waals surface area contributed by atoms with Crippen LogP contribution in [0.1, 0.15) is 25.2 Å². The SMILES string of the molecule is Cc1cc2cc(CC(C)(C)C(=O)O)n(C)c2nn1. The second-order valence-corrected chi connectivity index (χ2v) is 5.33. The van der Waals surface area contributed by atoms with Gasteiger partial charge in [0.25, 0.3) is 0 Å². The first-order chi connectivity index (χ1) is 8.31. The molecule has 0 aromatic carbocycles. The van der Waals surface area contributed by atoms with Crippen LogP contribution in [-0.4, -0.2) is 25.8 Å². The maximum Gasteiger partial charge on any atom is 0.309 e. The zero-order valence-electron chi connectivity index (χ0n) is 11.1. The van der Waals surface area contributed by atoms with Gasteiger partial charge in [-0.05, 0) is 32.9 Å². The minimum Gasteiger partial charge on any atom is -0.481 e. The number of hydrogen-bond donors (Lipinski definition) is 1. The molecule has 0 bridgehead atoms. The van der Waals surface area contributed by atoms with Gasteiger partial charge in [-0.3, -0.25) is 4.79 Å². The van der Waals surface area contributed by atoms with Crippen LogP contribution in [0.4, 0.5) is 0 Å². The Kier molecular flexibility index (Phi) is 2.84. The number of carbonyl (C=O) groups is 1. The fourth-order valence-electron chi connectivity index (χ4n) is 1.98. The Morgan fingerprint density at radius 2 is 2.06 bits per heavy atom. The summed E-state index contributed by atoms with van der Waals surface area (Å²) in [5.41, 5.74) is 1.82. The van der Waals surface area contributed by atoms with Crippen molar-refractivity contribution in [1.82, 2.24) is 14.8 Å². The molecule has 18 heavy (non-hydrogen) atoms. The number of carboxylic acids is 1. The molecule has 5 heteroatoms. The van der Waals surface area contributed by atoms with Crippen molar-refractivity contribution < 1.29 is 9.90 Å². The molecule has 2 rings (SSSR count). The van der Waals surface area contributed by atoms with E-state index in [1.54, 1.807) is 13.8 Å². The van der Waals surface area contributed by atoms with Crippen LogP contribution in [0.25, 0.3) is 11.0 Å². The molecule has 0 saturated heterocycles. The van der Waals surface area contributed by atoms with Crippen molar-refractivity contribution in [2.45, 2.75) is 27.2 Å². The Labute approximate surface area is 105 Å². The zero-order chi connectivity index (χ0) is 13.5. The summed E-state index contributed by atoms with van der Waals surface area (Å²) >= 11 is 0. The Hall–Kier alpha value is -1.91. The number of aromatic nitrogens is 3. The molecule has 0 aliphatic heterocycles. The smallest absolute Gasteiger partial charge is 0.309 e. The maximum absolute atomic E-state index is 11.2. The topological polar surface area (TPSA) is 68.0 Å². The van der Waals surface area contributed by atoms with Crippen LogP contribution in [0.15, 0.2) is 12.1 Å². The van der Waals surface area contributed by atoms with Crippen molar-refractivity contribution in [3.63, 3.8) is 0 Å². The number of rotatable bonds is 3. The van der Waals surface area contributed by atoms with E-state index in [1.807, 2.05) is 30.7 Å². The summed E-state index contributed by atoms with van der Waals surface area (Å²) < 4.78 is 1.91. The lowest BCUT2D eigenvalue weighted by Crippen LogP contribution is -2.27. The molecule has 0 unspecified atom stereocenters. The van der Waals surface area contributed by atoms with E-state index in [4.69, 9.17) is 0 Å². The van der Waals surface area contributed by atoms with E-state index >= 15 is 0 Å². The van der Waals surface area contributed by atoms with Crippen LogP contribution in [0.5, 0.6) is 0 Å². The standard InChI is InChI=1S/C13H17N3O2/c1-8-5-9-6-10(7-13(2,3)12(17)18)16(4)11(9)15-14-8/h5-6H,7H2,1-4H3,(H,17,18). The van der Waals surface area contributed by atoms with Gasteiger partial charge in [-0.2, -0.15) is 5.10 Å². The lowest BCUT2D eigenvalue weighted by Gasteiger charge is -2.19. The number of hydrogen-bond acceptors (Lipinski definition) is 3. The Balaban J connectivity index is 2.46. The second-order valence-electron chi connectivity index (χ2n) is 5.33. The highest BCUT2D eigenvalue weighted by molar-refractivity contribution is 5.78. The van der Waals surface area contributed by atoms with Crippen LogP contribution >= 0.6 is 0 Å². The normalized spacial score (nSPS) is 12.0. The Morgan fingerprint density at radius 3 is 2.67 bits per heavy atom. The van der Waals surface area contributed by atoms with Gasteiger partial charge in [0.2, 0.25) is 0 Å². The minimum atomic E-state index is -0.796. The first-order valence-electron chi connectivity index (χ1n) is 5.83. The molecule has 0 amide bonds. The van der Waals surface area contributed by atoms with Crippen molar-refractivity contribution in [1.29, 1.82) is 0 Å². The van der Waals surface area contributed by atoms with Crippen LogP contribution < -0.4 is 0 Å². The van der Waals surface area contributed by atoms with Gasteiger partial charge >= 0.3 is 5.97 Å². The highest BCUT2D eigenvalue weighted by Crippen LogP contribution is 2.25. The molecule has 0 saturated carbocycles. The number of aliphatic carboxylic acids is 1. The van der Waals surface area contributed by atoms with E-state index < -0.39 is 11.4 Å². The minimum absolute atomic E-state index is 0.467. The fourth-order valence-corrected chi connectivity index (χ4v) is 1.98. The van der Waals surface area contributed by atoms with E-state index in [-0.39, 0.29) is 0 Å². The highest BCUT2D eigenvalue weighted by atomic mass is 16.4. The zero-order valence-corrected chi connectivity index (χ0v) is 11.1. The number of aryl methyl sites for hydroxylation is 2. The molecule has 2 heterocycles. The summed E-state index contributed by atoms with van der Waals surface area (Å²) in [5.74, 6) is -0.796. The highest BCUT2D eigenvalue weighted by Gasteiger charge is 2.28. The van der Waals surface area contributed by atoms with E-state index in [1.165, 1.54) is 0 Å². The largest absolute Gasteiger partial charge is 0.481 e. The third kappa shape index (κ3) is 2.08. The molecule has 1 N–H and O–H groups in total. The van der Waals surface area contributed by atoms with Crippen LogP contribution in [0.3, 0.4) is 0 Å². The average molecular weight is 247 g/mol. The summed E-state index contributed by atoms with van der Waals surface area (Å²) in [6.07, 6.45) is 0.467. The summed E-state index contributed by atoms with van der Waals surface area (Å²) in [7, 11) is 1.89. The van der Waals surface area contributed by atoms with E-state index in [9.17, 15) is 9.90 Å². The van der Waals surface area contributed by atoms with Crippen LogP contribution in [-0.2, 0) is 18.3 Å². The van der Waals surface area contributed by atoms with Gasteiger partial charge in [-0.1, -0.05) is 0 Å². The quantitative estimate of drug-likeness (QED) is 0.899. The maximum atomic E-state index is 11.2. The molecule has 96 valence electrons. The summed E-state index contributed by atoms with van der Waals surface area (Å²) in [6.45, 7) is 5.34. The van der Waals surface area contributed by atoms with Gasteiger partial charge in [-0.25, -0.2) is 0 Å². The first-order valence-corrected chi connectivity index (χ1v) is 5.83. The average Bonchev–Trinajstić information content (AvgIpc) is 2.54. The number of nitrogens with zero attached hydrogens (tertiary/aromatic N) is 3. The molecule has 0 atom stereocenters. The van der Waals surface area contributed by atoms with Gasteiger partial charge in [0.05, 0.1) is 11.1 Å². The monoisotopic (exact) mass is 247 g/mol. The third-order valence-electron chi connectivity index (χ3n) is 3.20. The molecule has 0 spiro atoms. The molecule has 0 fully saturated rings. The van der Waals surface area contributed by atoms with Gasteiger partial charge < -0.3 is 9.67 Å². The van der Waals surface area contributed by atoms with Crippen LogP contribution in [0.2, 0.25) is 0 Å². The Morgan fingerprint density at radius 1 is 1.39 bits per heavy atom. The predicted molar refractivity (Wildman–Crippen MR) is 68.4 cm³/mol. The molecule has 2 aromatic rings. The van der Waals surface area contributed by atoms with Crippen molar-refractivity contribution in [3.8, 4) is 0 Å². The van der Waals surface area contributed by atoms with E-state index in [2.05, 4.69) is 10.2 Å². The lowest BCUT2D eigenvalue weighted by atomic mass is 9.88. The number of carboxylic acid groups (broad SMARTS) is 1. The summed E-state index contributed by atoms with van der Waals surface area (Å²) in [4.78, 5) is 11.2. The summed E-state index contributed by atoms with van der Waals surface area (Å²) in [6, 6.07) is 3.95. The molecule has 0 aliphatic carbocycles. The van der Waals surface area contributed by atoms with Crippen molar-refractivity contribution in [2.24, 2.45) is 12.5 Å². The molecule has 2 aromatic heterocycles. The van der Waals surface area contributed by atoms with Gasteiger partial charge in [0.1, 0.15) is 0 Å². The molecular formula is C13H17N3O2. The first kappa shape index (κ1) is 12.5. The predicted octanol–water partition coefficient (Wildman–Crippen LogP) is 1.93.